The predicted octanol–water partition coefficient (Wildman–Crippen LogP) is 4.55. The van der Waals surface area contributed by atoms with Crippen molar-refractivity contribution in [1.82, 2.24) is 10.6 Å². The van der Waals surface area contributed by atoms with Crippen LogP contribution in [0.5, 0.6) is 0 Å². The van der Waals surface area contributed by atoms with Crippen molar-refractivity contribution in [2.45, 2.75) is 76.0 Å². The number of carbonyl (C=O) groups excluding carboxylic acids is 4. The number of aliphatic hydroxyl groups is 1. The molecule has 0 aliphatic heterocycles. The summed E-state index contributed by atoms with van der Waals surface area (Å²) in [4.78, 5) is 49.9. The molecule has 2 aliphatic rings. The van der Waals surface area contributed by atoms with E-state index in [4.69, 9.17) is 24.5 Å². The highest BCUT2D eigenvalue weighted by molar-refractivity contribution is 5.73. The molecular weight excluding hydrogens is 598 g/mol. The first-order valence-electron chi connectivity index (χ1n) is 15.0. The molecule has 2 aromatic rings. The van der Waals surface area contributed by atoms with E-state index in [2.05, 4.69) is 20.7 Å². The zero-order valence-electron chi connectivity index (χ0n) is 25.9. The van der Waals surface area contributed by atoms with Gasteiger partial charge < -0.3 is 34.7 Å². The van der Waals surface area contributed by atoms with E-state index < -0.39 is 30.1 Å². The first-order valence-corrected chi connectivity index (χ1v) is 15.0. The molecule has 2 saturated carbocycles. The predicted molar refractivity (Wildman–Crippen MR) is 165 cm³/mol. The number of ether oxygens (including phenoxy) is 4. The number of nitrogens with zero attached hydrogens (tertiary/aromatic N) is 3. The van der Waals surface area contributed by atoms with Gasteiger partial charge in [0.1, 0.15) is 13.2 Å². The van der Waals surface area contributed by atoms with E-state index in [9.17, 15) is 24.3 Å². The number of carbonyl (C=O) groups is 4. The van der Waals surface area contributed by atoms with Crippen molar-refractivity contribution >= 4 is 24.1 Å². The molecule has 248 valence electrons. The maximum Gasteiger partial charge on any atom is 0.407 e. The Morgan fingerprint density at radius 2 is 1.20 bits per heavy atom. The maximum absolute atomic E-state index is 11.9. The van der Waals surface area contributed by atoms with Crippen LogP contribution in [0.25, 0.3) is 10.4 Å². The quantitative estimate of drug-likeness (QED) is 0.116. The Morgan fingerprint density at radius 3 is 1.65 bits per heavy atom. The number of esters is 2. The van der Waals surface area contributed by atoms with E-state index >= 15 is 0 Å². The van der Waals surface area contributed by atoms with Gasteiger partial charge in [-0.2, -0.15) is 0 Å². The van der Waals surface area contributed by atoms with Crippen molar-refractivity contribution in [1.29, 1.82) is 0 Å². The largest absolute Gasteiger partial charge is 0.469 e. The minimum Gasteiger partial charge on any atom is -0.469 e. The first-order chi connectivity index (χ1) is 22.2. The van der Waals surface area contributed by atoms with Crippen molar-refractivity contribution in [2.75, 3.05) is 14.2 Å². The lowest BCUT2D eigenvalue weighted by Crippen LogP contribution is -2.44. The summed E-state index contributed by atoms with van der Waals surface area (Å²) in [6.07, 6.45) is 0.816. The number of methoxy groups -OCH3 is 2. The van der Waals surface area contributed by atoms with Crippen LogP contribution in [0.15, 0.2) is 65.8 Å². The van der Waals surface area contributed by atoms with Crippen molar-refractivity contribution in [3.05, 3.63) is 82.2 Å². The number of alkyl carbamates (subject to hydrolysis) is 2. The second-order valence-electron chi connectivity index (χ2n) is 11.2. The fourth-order valence-corrected chi connectivity index (χ4v) is 5.56. The second-order valence-corrected chi connectivity index (χ2v) is 11.2. The Balaban J connectivity index is 0.000000251. The lowest BCUT2D eigenvalue weighted by molar-refractivity contribution is -0.148. The number of benzene rings is 2. The average molecular weight is 640 g/mol. The molecule has 2 aliphatic carbocycles. The Kier molecular flexibility index (Phi) is 14.6. The molecule has 2 amide bonds. The standard InChI is InChI=1S/C16H20N4O4.C16H21NO5/c1-23-15(21)12-7-13(9-14(8-12)19-20-17)18-16(22)24-10-11-5-3-2-4-6-11;1-21-15(19)12-7-13(9-14(18)8-12)17-16(20)22-10-11-5-3-2-4-6-11/h2-6,12-14H,7-10H2,1H3,(H,18,22);2-6,12-14,18H,7-10H2,1H3,(H,17,20)/t12-,13+,14-;12-,13+,14+/m11/s1. The lowest BCUT2D eigenvalue weighted by Gasteiger charge is -2.31. The summed E-state index contributed by atoms with van der Waals surface area (Å²) >= 11 is 0. The molecule has 3 N–H and O–H groups in total. The van der Waals surface area contributed by atoms with Crippen LogP contribution in [0.1, 0.15) is 49.7 Å². The van der Waals surface area contributed by atoms with Crippen molar-refractivity contribution < 1.29 is 43.2 Å². The molecule has 6 atom stereocenters. The average Bonchev–Trinajstić information content (AvgIpc) is 3.06. The molecule has 0 saturated heterocycles. The van der Waals surface area contributed by atoms with Crippen molar-refractivity contribution in [3.8, 4) is 0 Å². The molecule has 0 spiro atoms. The highest BCUT2D eigenvalue weighted by Gasteiger charge is 2.35. The summed E-state index contributed by atoms with van der Waals surface area (Å²) in [6.45, 7) is 0.349. The van der Waals surface area contributed by atoms with E-state index in [-0.39, 0.29) is 43.3 Å². The van der Waals surface area contributed by atoms with E-state index in [1.54, 1.807) is 0 Å². The number of hydrogen-bond donors (Lipinski definition) is 3. The van der Waals surface area contributed by atoms with Gasteiger partial charge in [-0.1, -0.05) is 65.8 Å². The summed E-state index contributed by atoms with van der Waals surface area (Å²) in [5.41, 5.74) is 10.4. The van der Waals surface area contributed by atoms with Crippen LogP contribution in [0, 0.1) is 11.8 Å². The van der Waals surface area contributed by atoms with E-state index in [0.717, 1.165) is 11.1 Å². The highest BCUT2D eigenvalue weighted by atomic mass is 16.6. The number of rotatable bonds is 9. The SMILES string of the molecule is COC(=O)[C@H]1C[C@@H](N=[N+]=[N-])C[C@@H](NC(=O)OCc2ccccc2)C1.COC(=O)[C@H]1C[C@H](O)C[C@@H](NC(=O)OCc2ccccc2)C1. The van der Waals surface area contributed by atoms with Crippen LogP contribution in [-0.4, -0.2) is 67.7 Å². The van der Waals surface area contributed by atoms with Crippen LogP contribution in [0.3, 0.4) is 0 Å². The van der Waals surface area contributed by atoms with Gasteiger partial charge in [-0.05, 0) is 55.2 Å². The summed E-state index contributed by atoms with van der Waals surface area (Å²) in [6, 6.07) is 17.7. The Hall–Kier alpha value is -4.81. The Bertz CT molecular complexity index is 1320. The van der Waals surface area contributed by atoms with Crippen molar-refractivity contribution in [2.24, 2.45) is 17.0 Å². The zero-order chi connectivity index (χ0) is 33.3. The molecule has 0 aromatic heterocycles. The summed E-state index contributed by atoms with van der Waals surface area (Å²) in [5.74, 6) is -1.52. The topological polar surface area (TPSA) is 198 Å². The molecule has 0 radical (unpaired) electrons. The van der Waals surface area contributed by atoms with Crippen molar-refractivity contribution in [3.63, 3.8) is 0 Å². The molecule has 46 heavy (non-hydrogen) atoms. The third-order valence-corrected chi connectivity index (χ3v) is 7.72. The molecule has 14 heteroatoms. The third kappa shape index (κ3) is 12.3. The van der Waals surface area contributed by atoms with Gasteiger partial charge in [-0.25, -0.2) is 9.59 Å². The van der Waals surface area contributed by atoms with Crippen LogP contribution in [-0.2, 0) is 41.8 Å². The zero-order valence-corrected chi connectivity index (χ0v) is 25.9. The summed E-state index contributed by atoms with van der Waals surface area (Å²) in [7, 11) is 2.63. The van der Waals surface area contributed by atoms with Gasteiger partial charge in [0.15, 0.2) is 0 Å². The molecule has 4 rings (SSSR count). The van der Waals surface area contributed by atoms with E-state index in [1.807, 2.05) is 60.7 Å². The van der Waals surface area contributed by atoms with Gasteiger partial charge >= 0.3 is 24.1 Å². The summed E-state index contributed by atoms with van der Waals surface area (Å²) < 4.78 is 19.8. The maximum atomic E-state index is 11.9. The van der Waals surface area contributed by atoms with Gasteiger partial charge in [0, 0.05) is 23.0 Å². The fourth-order valence-electron chi connectivity index (χ4n) is 5.56. The molecule has 0 bridgehead atoms. The Morgan fingerprint density at radius 1 is 0.739 bits per heavy atom. The summed E-state index contributed by atoms with van der Waals surface area (Å²) in [5, 5.41) is 18.9. The van der Waals surface area contributed by atoms with Gasteiger partial charge in [0.05, 0.1) is 32.2 Å². The van der Waals surface area contributed by atoms with Crippen LogP contribution in [0.4, 0.5) is 9.59 Å². The molecule has 2 aromatic carbocycles. The third-order valence-electron chi connectivity index (χ3n) is 7.72. The number of nitrogens with one attached hydrogen (secondary N) is 2. The monoisotopic (exact) mass is 639 g/mol. The van der Waals surface area contributed by atoms with E-state index in [0.29, 0.717) is 38.5 Å². The fraction of sp³-hybridized carbons (Fsp3) is 0.500. The molecule has 2 fully saturated rings. The molecule has 0 unspecified atom stereocenters. The van der Waals surface area contributed by atoms with Gasteiger partial charge in [0.25, 0.3) is 0 Å². The number of azide groups is 1. The normalized spacial score (nSPS) is 23.5. The van der Waals surface area contributed by atoms with Crippen LogP contribution >= 0.6 is 0 Å². The molecule has 14 nitrogen and oxygen atoms in total. The van der Waals surface area contributed by atoms with Crippen LogP contribution in [0.2, 0.25) is 0 Å². The number of amides is 2. The highest BCUT2D eigenvalue weighted by Crippen LogP contribution is 2.28. The van der Waals surface area contributed by atoms with Gasteiger partial charge in [-0.3, -0.25) is 9.59 Å². The Labute approximate surface area is 267 Å². The smallest absolute Gasteiger partial charge is 0.407 e. The van der Waals surface area contributed by atoms with Crippen LogP contribution < -0.4 is 10.6 Å². The molecular formula is C32H41N5O9. The molecule has 0 heterocycles. The minimum absolute atomic E-state index is 0.166. The number of aliphatic hydroxyl groups excluding tert-OH is 1. The first kappa shape index (κ1) is 35.7. The minimum atomic E-state index is -0.628. The lowest BCUT2D eigenvalue weighted by atomic mass is 9.83. The second kappa shape index (κ2) is 18.9. The van der Waals surface area contributed by atoms with E-state index in [1.165, 1.54) is 14.2 Å². The number of hydrogen-bond acceptors (Lipinski definition) is 10. The van der Waals surface area contributed by atoms with Gasteiger partial charge in [-0.15, -0.1) is 0 Å². The van der Waals surface area contributed by atoms with Gasteiger partial charge in [0.2, 0.25) is 0 Å².